The molecule has 0 saturated heterocycles. The predicted octanol–water partition coefficient (Wildman–Crippen LogP) is 5.94. The number of carbonyl (C=O) groups is 2. The van der Waals surface area contributed by atoms with Gasteiger partial charge in [0.05, 0.1) is 27.4 Å². The second kappa shape index (κ2) is 15.2. The third-order valence-corrected chi connectivity index (χ3v) is 6.51. The summed E-state index contributed by atoms with van der Waals surface area (Å²) in [7, 11) is 3.18. The minimum Gasteiger partial charge on any atom is -0.497 e. The molecule has 41 heavy (non-hydrogen) atoms. The van der Waals surface area contributed by atoms with Crippen molar-refractivity contribution in [3.05, 3.63) is 120 Å². The molecule has 212 valence electrons. The lowest BCUT2D eigenvalue weighted by atomic mass is 10.0. The second-order valence-corrected chi connectivity index (χ2v) is 9.50. The van der Waals surface area contributed by atoms with Crippen LogP contribution < -0.4 is 19.5 Å². The molecule has 0 spiro atoms. The number of ether oxygens (including phenoxy) is 4. The van der Waals surface area contributed by atoms with Crippen LogP contribution in [0, 0.1) is 0 Å². The number of amides is 1. The van der Waals surface area contributed by atoms with Gasteiger partial charge in [-0.1, -0.05) is 60.7 Å². The third-order valence-electron chi connectivity index (χ3n) is 6.51. The van der Waals surface area contributed by atoms with Gasteiger partial charge in [-0.05, 0) is 65.6 Å². The molecular formula is C34H35NO6. The topological polar surface area (TPSA) is 83.1 Å². The smallest absolute Gasteiger partial charge is 0.220 e. The highest BCUT2D eigenvalue weighted by Gasteiger charge is 2.22. The molecule has 1 atom stereocenters. The largest absolute Gasteiger partial charge is 0.497 e. The van der Waals surface area contributed by atoms with Crippen LogP contribution in [-0.4, -0.2) is 38.6 Å². The molecule has 4 aromatic rings. The molecule has 7 heteroatoms. The van der Waals surface area contributed by atoms with Gasteiger partial charge in [-0.15, -0.1) is 0 Å². The van der Waals surface area contributed by atoms with Gasteiger partial charge in [-0.3, -0.25) is 9.59 Å². The van der Waals surface area contributed by atoms with E-state index in [1.807, 2.05) is 103 Å². The first-order chi connectivity index (χ1) is 20.0. The lowest BCUT2D eigenvalue weighted by Gasteiger charge is -2.19. The average Bonchev–Trinajstić information content (AvgIpc) is 3.01. The van der Waals surface area contributed by atoms with Crippen molar-refractivity contribution in [1.29, 1.82) is 0 Å². The molecule has 1 unspecified atom stereocenters. The van der Waals surface area contributed by atoms with Crippen molar-refractivity contribution in [1.82, 2.24) is 5.32 Å². The van der Waals surface area contributed by atoms with Crippen LogP contribution in [0.3, 0.4) is 0 Å². The van der Waals surface area contributed by atoms with Gasteiger partial charge in [0, 0.05) is 12.8 Å². The fourth-order valence-electron chi connectivity index (χ4n) is 4.30. The van der Waals surface area contributed by atoms with Gasteiger partial charge in [-0.2, -0.15) is 0 Å². The Bertz CT molecular complexity index is 1390. The molecule has 4 aromatic carbocycles. The Morgan fingerprint density at radius 2 is 1.39 bits per heavy atom. The van der Waals surface area contributed by atoms with Crippen LogP contribution in [0.2, 0.25) is 0 Å². The monoisotopic (exact) mass is 553 g/mol. The number of ketones is 1. The number of benzene rings is 4. The van der Waals surface area contributed by atoms with Crippen LogP contribution in [0.25, 0.3) is 0 Å². The summed E-state index contributed by atoms with van der Waals surface area (Å²) in [5.74, 6) is 2.39. The maximum Gasteiger partial charge on any atom is 0.220 e. The van der Waals surface area contributed by atoms with Crippen molar-refractivity contribution in [2.24, 2.45) is 0 Å². The summed E-state index contributed by atoms with van der Waals surface area (Å²) >= 11 is 0. The van der Waals surface area contributed by atoms with Crippen molar-refractivity contribution < 1.29 is 28.5 Å². The van der Waals surface area contributed by atoms with Crippen LogP contribution in [0.15, 0.2) is 103 Å². The van der Waals surface area contributed by atoms with Gasteiger partial charge in [-0.25, -0.2) is 0 Å². The number of hydrogen-bond acceptors (Lipinski definition) is 6. The van der Waals surface area contributed by atoms with Crippen molar-refractivity contribution in [3.63, 3.8) is 0 Å². The Balaban J connectivity index is 1.38. The number of para-hydroxylation sites is 1. The van der Waals surface area contributed by atoms with E-state index in [1.54, 1.807) is 14.2 Å². The van der Waals surface area contributed by atoms with Crippen LogP contribution in [0.4, 0.5) is 0 Å². The molecule has 1 N–H and O–H groups in total. The molecule has 0 bridgehead atoms. The predicted molar refractivity (Wildman–Crippen MR) is 158 cm³/mol. The van der Waals surface area contributed by atoms with Gasteiger partial charge in [0.15, 0.2) is 5.78 Å². The molecule has 7 nitrogen and oxygen atoms in total. The molecular weight excluding hydrogens is 518 g/mol. The highest BCUT2D eigenvalue weighted by Crippen LogP contribution is 2.25. The third kappa shape index (κ3) is 9.22. The second-order valence-electron chi connectivity index (χ2n) is 9.50. The molecule has 0 aliphatic rings. The first-order valence-electron chi connectivity index (χ1n) is 13.5. The Morgan fingerprint density at radius 3 is 2.07 bits per heavy atom. The van der Waals surface area contributed by atoms with Gasteiger partial charge < -0.3 is 24.3 Å². The Hall–Kier alpha value is -4.62. The summed E-state index contributed by atoms with van der Waals surface area (Å²) in [6.07, 6.45) is 0.757. The van der Waals surface area contributed by atoms with E-state index in [4.69, 9.17) is 18.9 Å². The van der Waals surface area contributed by atoms with Gasteiger partial charge in [0.1, 0.15) is 29.0 Å². The molecule has 1 amide bonds. The van der Waals surface area contributed by atoms with E-state index in [9.17, 15) is 9.59 Å². The molecule has 0 radical (unpaired) electrons. The number of carbonyl (C=O) groups excluding carboxylic acids is 2. The van der Waals surface area contributed by atoms with E-state index in [2.05, 4.69) is 5.32 Å². The Labute approximate surface area is 241 Å². The Morgan fingerprint density at radius 1 is 0.732 bits per heavy atom. The quantitative estimate of drug-likeness (QED) is 0.196. The van der Waals surface area contributed by atoms with Crippen molar-refractivity contribution in [3.8, 4) is 23.0 Å². The summed E-state index contributed by atoms with van der Waals surface area (Å²) in [6.45, 7) is 0.407. The van der Waals surface area contributed by atoms with Gasteiger partial charge in [0.2, 0.25) is 5.91 Å². The fourth-order valence-corrected chi connectivity index (χ4v) is 4.30. The number of Topliss-reactive ketones (excluding diaryl/α,β-unsaturated/α-hetero) is 1. The van der Waals surface area contributed by atoms with Crippen molar-refractivity contribution >= 4 is 11.7 Å². The number of rotatable bonds is 15. The standard InChI is InChI=1S/C34H35NO6/c1-38-30-18-19-33(39-2)27(22-30)15-20-34(37)35-31(24-40-23-26-9-5-3-6-10-26)32(36)21-25-13-16-29(17-14-25)41-28-11-7-4-8-12-28/h3-14,16-19,22,31H,15,20-21,23-24H2,1-2H3,(H,35,37). The summed E-state index contributed by atoms with van der Waals surface area (Å²) < 4.78 is 22.4. The van der Waals surface area contributed by atoms with E-state index >= 15 is 0 Å². The molecule has 0 saturated carbocycles. The molecule has 0 fully saturated rings. The highest BCUT2D eigenvalue weighted by molar-refractivity contribution is 5.90. The van der Waals surface area contributed by atoms with Crippen molar-refractivity contribution in [2.45, 2.75) is 31.9 Å². The summed E-state index contributed by atoms with van der Waals surface area (Å²) in [6, 6.07) is 31.3. The first kappa shape index (κ1) is 29.4. The van der Waals surface area contributed by atoms with E-state index < -0.39 is 6.04 Å². The normalized spacial score (nSPS) is 11.4. The summed E-state index contributed by atoms with van der Waals surface area (Å²) in [5.41, 5.74) is 2.66. The zero-order chi connectivity index (χ0) is 28.9. The Kier molecular flexibility index (Phi) is 10.9. The zero-order valence-electron chi connectivity index (χ0n) is 23.4. The molecule has 0 heterocycles. The van der Waals surface area contributed by atoms with Crippen LogP contribution >= 0.6 is 0 Å². The minimum absolute atomic E-state index is 0.0666. The fraction of sp³-hybridized carbons (Fsp3) is 0.235. The first-order valence-corrected chi connectivity index (χ1v) is 13.5. The van der Waals surface area contributed by atoms with E-state index in [1.165, 1.54) is 0 Å². The van der Waals surface area contributed by atoms with Crippen LogP contribution in [0.1, 0.15) is 23.1 Å². The summed E-state index contributed by atoms with van der Waals surface area (Å²) in [4.78, 5) is 26.3. The molecule has 0 aromatic heterocycles. The lowest BCUT2D eigenvalue weighted by molar-refractivity contribution is -0.129. The van der Waals surface area contributed by atoms with E-state index in [0.717, 1.165) is 22.4 Å². The molecule has 4 rings (SSSR count). The average molecular weight is 554 g/mol. The van der Waals surface area contributed by atoms with Gasteiger partial charge in [0.25, 0.3) is 0 Å². The molecule has 0 aliphatic heterocycles. The van der Waals surface area contributed by atoms with Crippen LogP contribution in [-0.2, 0) is 33.8 Å². The van der Waals surface area contributed by atoms with Crippen LogP contribution in [0.5, 0.6) is 23.0 Å². The highest BCUT2D eigenvalue weighted by atomic mass is 16.5. The number of nitrogens with one attached hydrogen (secondary N) is 1. The molecule has 0 aliphatic carbocycles. The maximum absolute atomic E-state index is 13.4. The number of aryl methyl sites for hydroxylation is 1. The van der Waals surface area contributed by atoms with E-state index in [-0.39, 0.29) is 31.1 Å². The summed E-state index contributed by atoms with van der Waals surface area (Å²) in [5, 5.41) is 2.89. The van der Waals surface area contributed by atoms with Gasteiger partial charge >= 0.3 is 0 Å². The van der Waals surface area contributed by atoms with Crippen molar-refractivity contribution in [2.75, 3.05) is 20.8 Å². The SMILES string of the molecule is COc1ccc(OC)c(CCC(=O)NC(COCc2ccccc2)C(=O)Cc2ccc(Oc3ccccc3)cc2)c1. The maximum atomic E-state index is 13.4. The number of hydrogen-bond donors (Lipinski definition) is 1. The minimum atomic E-state index is -0.793. The lowest BCUT2D eigenvalue weighted by Crippen LogP contribution is -2.44. The van der Waals surface area contributed by atoms with E-state index in [0.29, 0.717) is 30.3 Å². The zero-order valence-corrected chi connectivity index (χ0v) is 23.4. The number of methoxy groups -OCH3 is 2.